The van der Waals surface area contributed by atoms with Crippen LogP contribution < -0.4 is 10.6 Å². The molecule has 2 aromatic rings. The lowest BCUT2D eigenvalue weighted by atomic mass is 10.1. The van der Waals surface area contributed by atoms with Crippen LogP contribution in [0, 0.1) is 5.82 Å². The molecule has 0 unspecified atom stereocenters. The summed E-state index contributed by atoms with van der Waals surface area (Å²) in [5.74, 6) is 0.0371. The number of guanidine groups is 1. The van der Waals surface area contributed by atoms with Crippen LogP contribution in [0.4, 0.5) is 4.39 Å². The number of hydrogen-bond donors (Lipinski definition) is 2. The molecule has 0 fully saturated rings. The van der Waals surface area contributed by atoms with Crippen LogP contribution in [0.1, 0.15) is 36.1 Å². The highest BCUT2D eigenvalue weighted by Gasteiger charge is 2.11. The fourth-order valence-corrected chi connectivity index (χ4v) is 3.68. The van der Waals surface area contributed by atoms with Crippen LogP contribution in [-0.4, -0.2) is 33.8 Å². The van der Waals surface area contributed by atoms with Crippen molar-refractivity contribution in [2.75, 3.05) is 19.4 Å². The third kappa shape index (κ3) is 8.51. The molecule has 6 nitrogen and oxygen atoms in total. The minimum atomic E-state index is -3.22. The quantitative estimate of drug-likeness (QED) is 0.443. The van der Waals surface area contributed by atoms with Crippen LogP contribution in [0.2, 0.25) is 0 Å². The molecule has 0 bridgehead atoms. The van der Waals surface area contributed by atoms with Crippen molar-refractivity contribution in [3.63, 3.8) is 0 Å². The highest BCUT2D eigenvalue weighted by Crippen LogP contribution is 2.14. The van der Waals surface area contributed by atoms with Gasteiger partial charge in [0, 0.05) is 26.0 Å². The number of aliphatic imine (C=N–C) groups is 1. The zero-order valence-corrected chi connectivity index (χ0v) is 18.6. The SMILES string of the molecule is CCNC(=NCc1ccc(COCC)cc1)NCc1cc(F)ccc1CS(C)(=O)=O. The average Bonchev–Trinajstić information content (AvgIpc) is 2.70. The van der Waals surface area contributed by atoms with Crippen LogP contribution in [-0.2, 0) is 40.0 Å². The first kappa shape index (κ1) is 23.8. The first-order valence-corrected chi connectivity index (χ1v) is 12.0. The summed E-state index contributed by atoms with van der Waals surface area (Å²) in [5, 5.41) is 6.31. The Hall–Kier alpha value is -2.45. The van der Waals surface area contributed by atoms with Crippen LogP contribution >= 0.6 is 0 Å². The molecular weight excluding hydrogens is 405 g/mol. The molecule has 0 atom stereocenters. The van der Waals surface area contributed by atoms with E-state index in [9.17, 15) is 12.8 Å². The van der Waals surface area contributed by atoms with Gasteiger partial charge in [-0.1, -0.05) is 30.3 Å². The van der Waals surface area contributed by atoms with E-state index in [0.29, 0.717) is 43.4 Å². The first-order chi connectivity index (χ1) is 14.3. The van der Waals surface area contributed by atoms with Gasteiger partial charge >= 0.3 is 0 Å². The number of nitrogens with one attached hydrogen (secondary N) is 2. The van der Waals surface area contributed by atoms with Gasteiger partial charge in [0.1, 0.15) is 5.82 Å². The number of halogens is 1. The second kappa shape index (κ2) is 11.7. The van der Waals surface area contributed by atoms with Crippen molar-refractivity contribution in [1.82, 2.24) is 10.6 Å². The monoisotopic (exact) mass is 435 g/mol. The largest absolute Gasteiger partial charge is 0.377 e. The van der Waals surface area contributed by atoms with Gasteiger partial charge in [0.15, 0.2) is 15.8 Å². The third-order valence-electron chi connectivity index (χ3n) is 4.29. The second-order valence-electron chi connectivity index (χ2n) is 6.99. The van der Waals surface area contributed by atoms with Crippen molar-refractivity contribution < 1.29 is 17.5 Å². The molecule has 0 heterocycles. The van der Waals surface area contributed by atoms with Crippen molar-refractivity contribution in [1.29, 1.82) is 0 Å². The molecule has 0 spiro atoms. The molecule has 2 N–H and O–H groups in total. The van der Waals surface area contributed by atoms with Crippen molar-refractivity contribution in [3.05, 3.63) is 70.5 Å². The molecule has 0 aliphatic heterocycles. The van der Waals surface area contributed by atoms with Gasteiger partial charge in [-0.2, -0.15) is 0 Å². The maximum Gasteiger partial charge on any atom is 0.191 e. The smallest absolute Gasteiger partial charge is 0.191 e. The summed E-state index contributed by atoms with van der Waals surface area (Å²) in [7, 11) is -3.22. The van der Waals surface area contributed by atoms with Gasteiger partial charge < -0.3 is 15.4 Å². The molecule has 8 heteroatoms. The van der Waals surface area contributed by atoms with E-state index in [-0.39, 0.29) is 12.3 Å². The van der Waals surface area contributed by atoms with Crippen molar-refractivity contribution in [3.8, 4) is 0 Å². The van der Waals surface area contributed by atoms with Crippen LogP contribution in [0.5, 0.6) is 0 Å². The maximum absolute atomic E-state index is 13.7. The zero-order valence-electron chi connectivity index (χ0n) is 17.7. The number of rotatable bonds is 10. The molecule has 0 radical (unpaired) electrons. The number of ether oxygens (including phenoxy) is 1. The predicted octanol–water partition coefficient (Wildman–Crippen LogP) is 3.16. The summed E-state index contributed by atoms with van der Waals surface area (Å²) in [4.78, 5) is 4.57. The second-order valence-corrected chi connectivity index (χ2v) is 9.13. The van der Waals surface area contributed by atoms with E-state index in [2.05, 4.69) is 15.6 Å². The summed E-state index contributed by atoms with van der Waals surface area (Å²) in [6.07, 6.45) is 1.17. The zero-order chi connectivity index (χ0) is 22.0. The highest BCUT2D eigenvalue weighted by molar-refractivity contribution is 7.89. The number of sulfone groups is 1. The molecule has 0 aromatic heterocycles. The van der Waals surface area contributed by atoms with E-state index >= 15 is 0 Å². The Bertz CT molecular complexity index is 945. The van der Waals surface area contributed by atoms with Gasteiger partial charge in [-0.15, -0.1) is 0 Å². The minimum Gasteiger partial charge on any atom is -0.377 e. The molecular formula is C22H30FN3O3S. The molecule has 2 aromatic carbocycles. The van der Waals surface area contributed by atoms with Crippen LogP contribution in [0.15, 0.2) is 47.5 Å². The Morgan fingerprint density at radius 2 is 1.73 bits per heavy atom. The Kier molecular flexibility index (Phi) is 9.26. The van der Waals surface area contributed by atoms with Gasteiger partial charge in [0.05, 0.1) is 18.9 Å². The van der Waals surface area contributed by atoms with E-state index in [1.807, 2.05) is 38.1 Å². The van der Waals surface area contributed by atoms with Crippen molar-refractivity contribution in [2.24, 2.45) is 4.99 Å². The van der Waals surface area contributed by atoms with Crippen LogP contribution in [0.25, 0.3) is 0 Å². The third-order valence-corrected chi connectivity index (χ3v) is 5.13. The van der Waals surface area contributed by atoms with Gasteiger partial charge in [-0.25, -0.2) is 17.8 Å². The molecule has 30 heavy (non-hydrogen) atoms. The minimum absolute atomic E-state index is 0.133. The maximum atomic E-state index is 13.7. The molecule has 0 saturated heterocycles. The normalized spacial score (nSPS) is 12.1. The van der Waals surface area contributed by atoms with Gasteiger partial charge in [0.25, 0.3) is 0 Å². The lowest BCUT2D eigenvalue weighted by molar-refractivity contribution is 0.134. The fourth-order valence-electron chi connectivity index (χ4n) is 2.83. The summed E-state index contributed by atoms with van der Waals surface area (Å²) >= 11 is 0. The lowest BCUT2D eigenvalue weighted by Gasteiger charge is -2.14. The molecule has 0 aliphatic carbocycles. The van der Waals surface area contributed by atoms with Gasteiger partial charge in [-0.3, -0.25) is 0 Å². The standard InChI is InChI=1S/C22H30FN3O3S/c1-4-24-22(25-13-17-6-8-18(9-7-17)15-29-5-2)26-14-20-12-21(23)11-10-19(20)16-30(3,27)28/h6-12H,4-5,13-16H2,1-3H3,(H2,24,25,26). The first-order valence-electron chi connectivity index (χ1n) is 9.93. The molecule has 164 valence electrons. The molecule has 0 aliphatic rings. The Morgan fingerprint density at radius 3 is 2.37 bits per heavy atom. The topological polar surface area (TPSA) is 79.8 Å². The molecule has 0 saturated carbocycles. The average molecular weight is 436 g/mol. The number of hydrogen-bond acceptors (Lipinski definition) is 4. The summed E-state index contributed by atoms with van der Waals surface area (Å²) in [6, 6.07) is 12.2. The Morgan fingerprint density at radius 1 is 1.03 bits per heavy atom. The number of nitrogens with zero attached hydrogens (tertiary/aromatic N) is 1. The number of benzene rings is 2. The van der Waals surface area contributed by atoms with Gasteiger partial charge in [0.2, 0.25) is 0 Å². The van der Waals surface area contributed by atoms with E-state index in [1.54, 1.807) is 0 Å². The highest BCUT2D eigenvalue weighted by atomic mass is 32.2. The summed E-state index contributed by atoms with van der Waals surface area (Å²) < 4.78 is 42.4. The predicted molar refractivity (Wildman–Crippen MR) is 118 cm³/mol. The van der Waals surface area contributed by atoms with Crippen LogP contribution in [0.3, 0.4) is 0 Å². The van der Waals surface area contributed by atoms with Crippen molar-refractivity contribution in [2.45, 2.75) is 39.3 Å². The Labute approximate surface area is 178 Å². The molecule has 2 rings (SSSR count). The molecule has 0 amide bonds. The van der Waals surface area contributed by atoms with Crippen molar-refractivity contribution >= 4 is 15.8 Å². The fraction of sp³-hybridized carbons (Fsp3) is 0.409. The van der Waals surface area contributed by atoms with Gasteiger partial charge in [-0.05, 0) is 48.2 Å². The Balaban J connectivity index is 2.06. The summed E-state index contributed by atoms with van der Waals surface area (Å²) in [6.45, 7) is 6.60. The van der Waals surface area contributed by atoms with E-state index in [0.717, 1.165) is 11.1 Å². The lowest BCUT2D eigenvalue weighted by Crippen LogP contribution is -2.37. The van der Waals surface area contributed by atoms with E-state index in [4.69, 9.17) is 4.74 Å². The summed E-state index contributed by atoms with van der Waals surface area (Å²) in [5.41, 5.74) is 3.33. The van der Waals surface area contributed by atoms with E-state index < -0.39 is 15.7 Å². The van der Waals surface area contributed by atoms with E-state index in [1.165, 1.54) is 24.5 Å².